The van der Waals surface area contributed by atoms with Crippen molar-refractivity contribution in [1.29, 1.82) is 5.41 Å². The van der Waals surface area contributed by atoms with Gasteiger partial charge in [0.1, 0.15) is 0 Å². The van der Waals surface area contributed by atoms with Gasteiger partial charge in [-0.1, -0.05) is 0 Å². The molecule has 2 nitrogen and oxygen atoms in total. The van der Waals surface area contributed by atoms with Crippen LogP contribution in [0.15, 0.2) is 11.3 Å². The van der Waals surface area contributed by atoms with E-state index >= 15 is 0 Å². The molecule has 0 aliphatic heterocycles. The Balaban J connectivity index is 2.75. The van der Waals surface area contributed by atoms with Gasteiger partial charge in [-0.15, -0.1) is 0 Å². The SMILES string of the molecule is CN/C(C)=C1/CCCCC1=N. The molecule has 1 saturated carbocycles. The molecule has 0 atom stereocenters. The topological polar surface area (TPSA) is 35.9 Å². The van der Waals surface area contributed by atoms with Crippen LogP contribution in [0.4, 0.5) is 0 Å². The van der Waals surface area contributed by atoms with Crippen molar-refractivity contribution >= 4 is 5.71 Å². The summed E-state index contributed by atoms with van der Waals surface area (Å²) >= 11 is 0. The lowest BCUT2D eigenvalue weighted by atomic mass is 9.91. The molecule has 0 aromatic heterocycles. The van der Waals surface area contributed by atoms with Crippen LogP contribution >= 0.6 is 0 Å². The molecule has 0 amide bonds. The summed E-state index contributed by atoms with van der Waals surface area (Å²) in [5, 5.41) is 10.8. The zero-order valence-electron chi connectivity index (χ0n) is 7.33. The molecule has 2 heteroatoms. The molecule has 62 valence electrons. The summed E-state index contributed by atoms with van der Waals surface area (Å²) in [6.07, 6.45) is 4.50. The second-order valence-corrected chi connectivity index (χ2v) is 3.04. The Morgan fingerprint density at radius 1 is 1.36 bits per heavy atom. The molecule has 0 aromatic rings. The first-order chi connectivity index (χ1) is 5.25. The van der Waals surface area contributed by atoms with Crippen LogP contribution in [-0.4, -0.2) is 12.8 Å². The van der Waals surface area contributed by atoms with Crippen LogP contribution in [0.1, 0.15) is 32.6 Å². The summed E-state index contributed by atoms with van der Waals surface area (Å²) in [5.41, 5.74) is 3.25. The number of rotatable bonds is 1. The Bertz CT molecular complexity index is 192. The summed E-state index contributed by atoms with van der Waals surface area (Å²) in [7, 11) is 1.92. The van der Waals surface area contributed by atoms with E-state index in [1.807, 2.05) is 7.05 Å². The van der Waals surface area contributed by atoms with Crippen molar-refractivity contribution in [2.24, 2.45) is 0 Å². The molecule has 0 aromatic carbocycles. The highest BCUT2D eigenvalue weighted by Crippen LogP contribution is 2.21. The van der Waals surface area contributed by atoms with Gasteiger partial charge in [-0.25, -0.2) is 0 Å². The lowest BCUT2D eigenvalue weighted by Gasteiger charge is -2.17. The average Bonchev–Trinajstić information content (AvgIpc) is 2.04. The molecule has 0 saturated heterocycles. The molecule has 0 heterocycles. The highest BCUT2D eigenvalue weighted by molar-refractivity contribution is 5.98. The van der Waals surface area contributed by atoms with Crippen LogP contribution in [0.5, 0.6) is 0 Å². The molecule has 0 bridgehead atoms. The lowest BCUT2D eigenvalue weighted by molar-refractivity contribution is 0.718. The zero-order chi connectivity index (χ0) is 8.27. The summed E-state index contributed by atoms with van der Waals surface area (Å²) < 4.78 is 0. The van der Waals surface area contributed by atoms with E-state index in [2.05, 4.69) is 12.2 Å². The minimum atomic E-state index is 0.836. The number of hydrogen-bond acceptors (Lipinski definition) is 2. The molecule has 11 heavy (non-hydrogen) atoms. The number of nitrogens with one attached hydrogen (secondary N) is 2. The third kappa shape index (κ3) is 1.82. The first-order valence-electron chi connectivity index (χ1n) is 4.21. The molecular weight excluding hydrogens is 136 g/mol. The lowest BCUT2D eigenvalue weighted by Crippen LogP contribution is -2.15. The van der Waals surface area contributed by atoms with E-state index in [4.69, 9.17) is 5.41 Å². The maximum Gasteiger partial charge on any atom is 0.0362 e. The van der Waals surface area contributed by atoms with E-state index in [1.54, 1.807) is 0 Å². The van der Waals surface area contributed by atoms with E-state index in [1.165, 1.54) is 24.1 Å². The van der Waals surface area contributed by atoms with Gasteiger partial charge in [0.25, 0.3) is 0 Å². The van der Waals surface area contributed by atoms with Gasteiger partial charge >= 0.3 is 0 Å². The monoisotopic (exact) mass is 152 g/mol. The Kier molecular flexibility index (Phi) is 2.69. The first-order valence-corrected chi connectivity index (χ1v) is 4.21. The van der Waals surface area contributed by atoms with Crippen LogP contribution in [0.2, 0.25) is 0 Å². The van der Waals surface area contributed by atoms with Crippen molar-refractivity contribution in [3.63, 3.8) is 0 Å². The zero-order valence-corrected chi connectivity index (χ0v) is 7.33. The van der Waals surface area contributed by atoms with Crippen LogP contribution < -0.4 is 5.32 Å². The van der Waals surface area contributed by atoms with Crippen LogP contribution in [0.3, 0.4) is 0 Å². The van der Waals surface area contributed by atoms with Crippen molar-refractivity contribution in [2.75, 3.05) is 7.05 Å². The van der Waals surface area contributed by atoms with E-state index in [-0.39, 0.29) is 0 Å². The largest absolute Gasteiger partial charge is 0.391 e. The molecular formula is C9H16N2. The normalized spacial score (nSPS) is 23.3. The predicted octanol–water partition coefficient (Wildman–Crippen LogP) is 2.07. The maximum absolute atomic E-state index is 7.68. The van der Waals surface area contributed by atoms with Crippen molar-refractivity contribution in [3.05, 3.63) is 11.3 Å². The van der Waals surface area contributed by atoms with Crippen molar-refractivity contribution in [2.45, 2.75) is 32.6 Å². The van der Waals surface area contributed by atoms with Crippen LogP contribution in [-0.2, 0) is 0 Å². The molecule has 1 aliphatic carbocycles. The quantitative estimate of drug-likeness (QED) is 0.593. The fourth-order valence-corrected chi connectivity index (χ4v) is 1.47. The minimum absolute atomic E-state index is 0.836. The third-order valence-electron chi connectivity index (χ3n) is 2.30. The van der Waals surface area contributed by atoms with E-state index in [9.17, 15) is 0 Å². The van der Waals surface area contributed by atoms with Gasteiger partial charge in [-0.2, -0.15) is 0 Å². The van der Waals surface area contributed by atoms with Gasteiger partial charge in [-0.3, -0.25) is 0 Å². The van der Waals surface area contributed by atoms with Gasteiger partial charge in [-0.05, 0) is 38.2 Å². The smallest absolute Gasteiger partial charge is 0.0362 e. The molecule has 0 radical (unpaired) electrons. The number of allylic oxidation sites excluding steroid dienone is 2. The summed E-state index contributed by atoms with van der Waals surface area (Å²) in [4.78, 5) is 0. The van der Waals surface area contributed by atoms with Crippen molar-refractivity contribution in [3.8, 4) is 0 Å². The van der Waals surface area contributed by atoms with E-state index in [0.29, 0.717) is 0 Å². The Morgan fingerprint density at radius 3 is 2.55 bits per heavy atom. The predicted molar refractivity (Wildman–Crippen MR) is 48.0 cm³/mol. The Labute approximate surface area is 68.2 Å². The summed E-state index contributed by atoms with van der Waals surface area (Å²) in [6.45, 7) is 2.05. The maximum atomic E-state index is 7.68. The highest BCUT2D eigenvalue weighted by atomic mass is 14.8. The number of hydrogen-bond donors (Lipinski definition) is 2. The van der Waals surface area contributed by atoms with Crippen LogP contribution in [0, 0.1) is 5.41 Å². The van der Waals surface area contributed by atoms with Crippen LogP contribution in [0.25, 0.3) is 0 Å². The molecule has 0 unspecified atom stereocenters. The van der Waals surface area contributed by atoms with E-state index in [0.717, 1.165) is 18.6 Å². The van der Waals surface area contributed by atoms with Gasteiger partial charge in [0.05, 0.1) is 0 Å². The Hall–Kier alpha value is -0.790. The highest BCUT2D eigenvalue weighted by Gasteiger charge is 2.12. The van der Waals surface area contributed by atoms with Gasteiger partial charge in [0.15, 0.2) is 0 Å². The standard InChI is InChI=1S/C9H16N2/c1-7(11-2)8-5-3-4-6-9(8)10/h10-11H,3-6H2,1-2H3/b8-7-,10-9?. The fourth-order valence-electron chi connectivity index (χ4n) is 1.47. The molecule has 2 N–H and O–H groups in total. The Morgan fingerprint density at radius 2 is 2.00 bits per heavy atom. The molecule has 0 spiro atoms. The average molecular weight is 152 g/mol. The minimum Gasteiger partial charge on any atom is -0.391 e. The van der Waals surface area contributed by atoms with Gasteiger partial charge in [0.2, 0.25) is 0 Å². The van der Waals surface area contributed by atoms with Crippen molar-refractivity contribution < 1.29 is 0 Å². The second kappa shape index (κ2) is 3.56. The van der Waals surface area contributed by atoms with Gasteiger partial charge < -0.3 is 10.7 Å². The second-order valence-electron chi connectivity index (χ2n) is 3.04. The summed E-state index contributed by atoms with van der Waals surface area (Å²) in [6, 6.07) is 0. The van der Waals surface area contributed by atoms with E-state index < -0.39 is 0 Å². The molecule has 1 fully saturated rings. The summed E-state index contributed by atoms with van der Waals surface area (Å²) in [5.74, 6) is 0. The first kappa shape index (κ1) is 8.31. The third-order valence-corrected chi connectivity index (χ3v) is 2.30. The molecule has 1 rings (SSSR count). The van der Waals surface area contributed by atoms with Crippen molar-refractivity contribution in [1.82, 2.24) is 5.32 Å². The molecule has 1 aliphatic rings. The fraction of sp³-hybridized carbons (Fsp3) is 0.667. The van der Waals surface area contributed by atoms with Gasteiger partial charge in [0, 0.05) is 18.5 Å².